The highest BCUT2D eigenvalue weighted by atomic mass is 32.1. The Morgan fingerprint density at radius 2 is 2.06 bits per heavy atom. The lowest BCUT2D eigenvalue weighted by atomic mass is 10.3. The first kappa shape index (κ1) is 12.9. The van der Waals surface area contributed by atoms with Gasteiger partial charge in [-0.05, 0) is 37.6 Å². The molecule has 0 aliphatic heterocycles. The van der Waals surface area contributed by atoms with Gasteiger partial charge in [0.25, 0.3) is 0 Å². The SMILES string of the molecule is CCCOc1ccc(NCc2csc(C)n2)cc1. The van der Waals surface area contributed by atoms with Gasteiger partial charge in [0.1, 0.15) is 5.75 Å². The van der Waals surface area contributed by atoms with Gasteiger partial charge in [-0.1, -0.05) is 6.92 Å². The zero-order valence-corrected chi connectivity index (χ0v) is 11.6. The summed E-state index contributed by atoms with van der Waals surface area (Å²) in [5.41, 5.74) is 2.17. The minimum Gasteiger partial charge on any atom is -0.494 e. The van der Waals surface area contributed by atoms with E-state index in [1.165, 1.54) is 0 Å². The highest BCUT2D eigenvalue weighted by Crippen LogP contribution is 2.17. The Labute approximate surface area is 112 Å². The Hall–Kier alpha value is -1.55. The number of hydrogen-bond donors (Lipinski definition) is 1. The smallest absolute Gasteiger partial charge is 0.119 e. The molecule has 0 radical (unpaired) electrons. The predicted molar refractivity (Wildman–Crippen MR) is 76.4 cm³/mol. The summed E-state index contributed by atoms with van der Waals surface area (Å²) in [6, 6.07) is 8.04. The van der Waals surface area contributed by atoms with Crippen LogP contribution in [0.5, 0.6) is 5.75 Å². The quantitative estimate of drug-likeness (QED) is 0.858. The third-order valence-corrected chi connectivity index (χ3v) is 3.29. The number of hydrogen-bond acceptors (Lipinski definition) is 4. The molecule has 0 bridgehead atoms. The van der Waals surface area contributed by atoms with Crippen LogP contribution in [0.3, 0.4) is 0 Å². The van der Waals surface area contributed by atoms with E-state index in [0.717, 1.165) is 41.7 Å². The minimum absolute atomic E-state index is 0.763. The Kier molecular flexibility index (Phi) is 4.59. The topological polar surface area (TPSA) is 34.1 Å². The number of aryl methyl sites for hydroxylation is 1. The van der Waals surface area contributed by atoms with E-state index >= 15 is 0 Å². The van der Waals surface area contributed by atoms with Crippen LogP contribution in [0, 0.1) is 6.92 Å². The summed E-state index contributed by atoms with van der Waals surface area (Å²) in [4.78, 5) is 4.42. The number of ether oxygens (including phenoxy) is 1. The van der Waals surface area contributed by atoms with Crippen molar-refractivity contribution in [1.82, 2.24) is 4.98 Å². The molecule has 0 atom stereocenters. The Morgan fingerprint density at radius 3 is 2.67 bits per heavy atom. The standard InChI is InChI=1S/C14H18N2OS/c1-3-8-17-14-6-4-12(5-7-14)15-9-13-10-18-11(2)16-13/h4-7,10,15H,3,8-9H2,1-2H3. The van der Waals surface area contributed by atoms with Crippen molar-refractivity contribution in [3.8, 4) is 5.75 Å². The first-order chi connectivity index (χ1) is 8.78. The summed E-state index contributed by atoms with van der Waals surface area (Å²) in [5.74, 6) is 0.923. The van der Waals surface area contributed by atoms with Gasteiger partial charge < -0.3 is 10.1 Å². The van der Waals surface area contributed by atoms with Gasteiger partial charge in [0.05, 0.1) is 23.9 Å². The van der Waals surface area contributed by atoms with Gasteiger partial charge in [-0.2, -0.15) is 0 Å². The summed E-state index contributed by atoms with van der Waals surface area (Å²) >= 11 is 1.68. The molecule has 1 N–H and O–H groups in total. The minimum atomic E-state index is 0.763. The van der Waals surface area contributed by atoms with E-state index in [9.17, 15) is 0 Å². The van der Waals surface area contributed by atoms with Gasteiger partial charge in [-0.3, -0.25) is 0 Å². The lowest BCUT2D eigenvalue weighted by Gasteiger charge is -2.07. The predicted octanol–water partition coefficient (Wildman–Crippen LogP) is 3.85. The van der Waals surface area contributed by atoms with Crippen LogP contribution in [-0.2, 0) is 6.54 Å². The molecule has 18 heavy (non-hydrogen) atoms. The maximum Gasteiger partial charge on any atom is 0.119 e. The summed E-state index contributed by atoms with van der Waals surface area (Å²) in [5, 5.41) is 6.54. The van der Waals surface area contributed by atoms with Crippen LogP contribution in [0.1, 0.15) is 24.0 Å². The van der Waals surface area contributed by atoms with Crippen LogP contribution in [-0.4, -0.2) is 11.6 Å². The average molecular weight is 262 g/mol. The van der Waals surface area contributed by atoms with Crippen molar-refractivity contribution in [1.29, 1.82) is 0 Å². The zero-order valence-electron chi connectivity index (χ0n) is 10.8. The molecule has 0 fully saturated rings. The molecular formula is C14H18N2OS. The van der Waals surface area contributed by atoms with Gasteiger partial charge in [0.15, 0.2) is 0 Å². The number of benzene rings is 1. The average Bonchev–Trinajstić information content (AvgIpc) is 2.81. The van der Waals surface area contributed by atoms with Crippen molar-refractivity contribution in [2.24, 2.45) is 0 Å². The first-order valence-electron chi connectivity index (χ1n) is 6.15. The lowest BCUT2D eigenvalue weighted by molar-refractivity contribution is 0.317. The second-order valence-corrected chi connectivity index (χ2v) is 5.15. The van der Waals surface area contributed by atoms with E-state index in [1.807, 2.05) is 31.2 Å². The second-order valence-electron chi connectivity index (χ2n) is 4.08. The molecular weight excluding hydrogens is 244 g/mol. The maximum atomic E-state index is 5.54. The Bertz CT molecular complexity index is 479. The molecule has 0 amide bonds. The summed E-state index contributed by atoms with van der Waals surface area (Å²) in [6.45, 7) is 5.66. The molecule has 1 aromatic carbocycles. The summed E-state index contributed by atoms with van der Waals surface area (Å²) in [7, 11) is 0. The molecule has 1 heterocycles. The molecule has 4 heteroatoms. The molecule has 2 aromatic rings. The van der Waals surface area contributed by atoms with E-state index in [1.54, 1.807) is 11.3 Å². The fraction of sp³-hybridized carbons (Fsp3) is 0.357. The van der Waals surface area contributed by atoms with E-state index in [-0.39, 0.29) is 0 Å². The van der Waals surface area contributed by atoms with Crippen LogP contribution >= 0.6 is 11.3 Å². The van der Waals surface area contributed by atoms with Crippen LogP contribution in [0.4, 0.5) is 5.69 Å². The van der Waals surface area contributed by atoms with Gasteiger partial charge in [0.2, 0.25) is 0 Å². The molecule has 0 unspecified atom stereocenters. The molecule has 0 spiro atoms. The van der Waals surface area contributed by atoms with Crippen LogP contribution in [0.25, 0.3) is 0 Å². The highest BCUT2D eigenvalue weighted by Gasteiger charge is 1.99. The number of anilines is 1. The number of aromatic nitrogens is 1. The van der Waals surface area contributed by atoms with E-state index in [4.69, 9.17) is 4.74 Å². The third kappa shape index (κ3) is 3.74. The molecule has 0 saturated heterocycles. The monoisotopic (exact) mass is 262 g/mol. The van der Waals surface area contributed by atoms with E-state index < -0.39 is 0 Å². The van der Waals surface area contributed by atoms with Crippen molar-refractivity contribution >= 4 is 17.0 Å². The van der Waals surface area contributed by atoms with Crippen LogP contribution in [0.2, 0.25) is 0 Å². The fourth-order valence-electron chi connectivity index (χ4n) is 1.57. The molecule has 1 aromatic heterocycles. The van der Waals surface area contributed by atoms with Gasteiger partial charge in [-0.25, -0.2) is 4.98 Å². The number of nitrogens with one attached hydrogen (secondary N) is 1. The Morgan fingerprint density at radius 1 is 1.28 bits per heavy atom. The van der Waals surface area contributed by atoms with Crippen molar-refractivity contribution in [2.45, 2.75) is 26.8 Å². The summed E-state index contributed by atoms with van der Waals surface area (Å²) < 4.78 is 5.54. The van der Waals surface area contributed by atoms with Crippen LogP contribution < -0.4 is 10.1 Å². The van der Waals surface area contributed by atoms with Crippen molar-refractivity contribution in [3.63, 3.8) is 0 Å². The second kappa shape index (κ2) is 6.40. The molecule has 3 nitrogen and oxygen atoms in total. The van der Waals surface area contributed by atoms with Crippen LogP contribution in [0.15, 0.2) is 29.6 Å². The summed E-state index contributed by atoms with van der Waals surface area (Å²) in [6.07, 6.45) is 1.03. The Balaban J connectivity index is 1.86. The number of thiazole rings is 1. The first-order valence-corrected chi connectivity index (χ1v) is 7.03. The van der Waals surface area contributed by atoms with Crippen molar-refractivity contribution in [2.75, 3.05) is 11.9 Å². The molecule has 0 saturated carbocycles. The molecule has 96 valence electrons. The van der Waals surface area contributed by atoms with Crippen molar-refractivity contribution < 1.29 is 4.74 Å². The number of rotatable bonds is 6. The van der Waals surface area contributed by atoms with Crippen molar-refractivity contribution in [3.05, 3.63) is 40.3 Å². The zero-order chi connectivity index (χ0) is 12.8. The normalized spacial score (nSPS) is 10.3. The fourth-order valence-corrected chi connectivity index (χ4v) is 2.18. The van der Waals surface area contributed by atoms with E-state index in [2.05, 4.69) is 22.6 Å². The molecule has 0 aliphatic rings. The lowest BCUT2D eigenvalue weighted by Crippen LogP contribution is -2.00. The number of nitrogens with zero attached hydrogens (tertiary/aromatic N) is 1. The van der Waals surface area contributed by atoms with Gasteiger partial charge in [0, 0.05) is 11.1 Å². The molecule has 0 aliphatic carbocycles. The highest BCUT2D eigenvalue weighted by molar-refractivity contribution is 7.09. The van der Waals surface area contributed by atoms with Gasteiger partial charge >= 0.3 is 0 Å². The third-order valence-electron chi connectivity index (χ3n) is 2.47. The maximum absolute atomic E-state index is 5.54. The molecule has 2 rings (SSSR count). The van der Waals surface area contributed by atoms with E-state index in [0.29, 0.717) is 0 Å². The van der Waals surface area contributed by atoms with Gasteiger partial charge in [-0.15, -0.1) is 11.3 Å². The largest absolute Gasteiger partial charge is 0.494 e.